The van der Waals surface area contributed by atoms with Gasteiger partial charge in [-0.25, -0.2) is 4.79 Å². The highest BCUT2D eigenvalue weighted by atomic mass is 32.1. The van der Waals surface area contributed by atoms with Gasteiger partial charge in [0.15, 0.2) is 5.11 Å². The van der Waals surface area contributed by atoms with Crippen LogP contribution in [0.2, 0.25) is 0 Å². The largest absolute Gasteiger partial charge is 0.478 e. The number of rotatable bonds is 6. The van der Waals surface area contributed by atoms with Crippen LogP contribution < -0.4 is 15.1 Å². The van der Waals surface area contributed by atoms with Crippen molar-refractivity contribution >= 4 is 34.7 Å². The predicted molar refractivity (Wildman–Crippen MR) is 140 cm³/mol. The number of aromatic carboxylic acids is 1. The maximum Gasteiger partial charge on any atom is 0.335 e. The van der Waals surface area contributed by atoms with Crippen molar-refractivity contribution in [2.45, 2.75) is 12.1 Å². The molecule has 2 atom stereocenters. The Labute approximate surface area is 208 Å². The van der Waals surface area contributed by atoms with E-state index >= 15 is 0 Å². The van der Waals surface area contributed by atoms with Crippen LogP contribution in [0.5, 0.6) is 0 Å². The number of nitrogens with one attached hydrogen (secondary N) is 1. The number of hydrogen-bond donors (Lipinski definition) is 2. The van der Waals surface area contributed by atoms with Crippen molar-refractivity contribution in [2.24, 2.45) is 0 Å². The Balaban J connectivity index is 1.57. The molecule has 35 heavy (non-hydrogen) atoms. The molecule has 1 aliphatic heterocycles. The van der Waals surface area contributed by atoms with Gasteiger partial charge >= 0.3 is 5.97 Å². The van der Waals surface area contributed by atoms with Gasteiger partial charge in [0, 0.05) is 37.2 Å². The Hall–Kier alpha value is -4.17. The zero-order chi connectivity index (χ0) is 24.5. The number of pyridine rings is 1. The second-order valence-corrected chi connectivity index (χ2v) is 8.88. The number of benzene rings is 2. The Morgan fingerprint density at radius 2 is 1.86 bits per heavy atom. The highest BCUT2D eigenvalue weighted by Gasteiger charge is 2.42. The molecule has 0 radical (unpaired) electrons. The number of carboxylic acid groups (broad SMARTS) is 1. The van der Waals surface area contributed by atoms with Crippen LogP contribution in [0.25, 0.3) is 11.3 Å². The first-order valence-electron chi connectivity index (χ1n) is 11.1. The molecule has 8 heteroatoms. The summed E-state index contributed by atoms with van der Waals surface area (Å²) in [7, 11) is 4.00. The molecule has 0 saturated carbocycles. The van der Waals surface area contributed by atoms with E-state index in [1.165, 1.54) is 0 Å². The first-order chi connectivity index (χ1) is 16.9. The molecule has 176 valence electrons. The van der Waals surface area contributed by atoms with E-state index in [4.69, 9.17) is 16.6 Å². The Morgan fingerprint density at radius 1 is 1.06 bits per heavy atom. The highest BCUT2D eigenvalue weighted by molar-refractivity contribution is 7.80. The van der Waals surface area contributed by atoms with Gasteiger partial charge in [0.05, 0.1) is 17.3 Å². The number of aromatic nitrogens is 1. The summed E-state index contributed by atoms with van der Waals surface area (Å²) < 4.78 is 6.33. The van der Waals surface area contributed by atoms with Gasteiger partial charge in [-0.05, 0) is 72.9 Å². The molecule has 1 aliphatic rings. The van der Waals surface area contributed by atoms with Crippen LogP contribution in [0, 0.1) is 0 Å². The molecule has 2 N–H and O–H groups in total. The molecule has 0 bridgehead atoms. The van der Waals surface area contributed by atoms with Crippen LogP contribution in [0.3, 0.4) is 0 Å². The topological polar surface area (TPSA) is 81.8 Å². The lowest BCUT2D eigenvalue weighted by Gasteiger charge is -2.26. The van der Waals surface area contributed by atoms with Crippen molar-refractivity contribution < 1.29 is 14.3 Å². The third-order valence-electron chi connectivity index (χ3n) is 6.05. The van der Waals surface area contributed by atoms with Crippen LogP contribution >= 0.6 is 12.2 Å². The van der Waals surface area contributed by atoms with E-state index in [0.29, 0.717) is 22.2 Å². The quantitative estimate of drug-likeness (QED) is 0.358. The van der Waals surface area contributed by atoms with Gasteiger partial charge in [-0.3, -0.25) is 4.98 Å². The first-order valence-corrected chi connectivity index (χ1v) is 11.5. The van der Waals surface area contributed by atoms with Crippen LogP contribution in [-0.2, 0) is 0 Å². The van der Waals surface area contributed by atoms with Gasteiger partial charge in [-0.2, -0.15) is 0 Å². The van der Waals surface area contributed by atoms with E-state index < -0.39 is 5.97 Å². The third kappa shape index (κ3) is 4.36. The standard InChI is InChI=1S/C27H24N4O3S/c1-30(2)19-9-11-20(12-10-19)31-25(24(29-27(31)35)21-8-3-4-15-28-21)23-14-13-22(34-23)17-6-5-7-18(16-17)26(32)33/h3-16,24-25H,1-2H3,(H,29,35)(H,32,33)/t24-,25-/m0/s1. The summed E-state index contributed by atoms with van der Waals surface area (Å²) >= 11 is 5.78. The molecule has 0 aliphatic carbocycles. The number of carboxylic acids is 1. The molecule has 3 heterocycles. The second-order valence-electron chi connectivity index (χ2n) is 8.50. The summed E-state index contributed by atoms with van der Waals surface area (Å²) in [6.45, 7) is 0. The Kier molecular flexibility index (Phi) is 5.96. The highest BCUT2D eigenvalue weighted by Crippen LogP contribution is 2.43. The zero-order valence-electron chi connectivity index (χ0n) is 19.3. The van der Waals surface area contributed by atoms with Gasteiger partial charge in [0.1, 0.15) is 17.6 Å². The molecular formula is C27H24N4O3S. The molecule has 0 spiro atoms. The van der Waals surface area contributed by atoms with Crippen LogP contribution in [0.4, 0.5) is 11.4 Å². The van der Waals surface area contributed by atoms with Gasteiger partial charge in [-0.1, -0.05) is 18.2 Å². The molecule has 7 nitrogen and oxygen atoms in total. The van der Waals surface area contributed by atoms with Crippen molar-refractivity contribution in [3.05, 3.63) is 102 Å². The summed E-state index contributed by atoms with van der Waals surface area (Å²) in [5.74, 6) is 0.301. The minimum Gasteiger partial charge on any atom is -0.478 e. The van der Waals surface area contributed by atoms with E-state index in [0.717, 1.165) is 17.1 Å². The third-order valence-corrected chi connectivity index (χ3v) is 6.37. The van der Waals surface area contributed by atoms with Crippen molar-refractivity contribution in [1.29, 1.82) is 0 Å². The van der Waals surface area contributed by atoms with Crippen molar-refractivity contribution in [3.63, 3.8) is 0 Å². The summed E-state index contributed by atoms with van der Waals surface area (Å²) in [5, 5.41) is 13.4. The lowest BCUT2D eigenvalue weighted by molar-refractivity contribution is 0.0697. The number of anilines is 2. The van der Waals surface area contributed by atoms with Gasteiger partial charge in [0.2, 0.25) is 0 Å². The normalized spacial score (nSPS) is 17.3. The smallest absolute Gasteiger partial charge is 0.335 e. The van der Waals surface area contributed by atoms with E-state index in [2.05, 4.69) is 10.3 Å². The minimum absolute atomic E-state index is 0.207. The van der Waals surface area contributed by atoms with E-state index in [1.807, 2.05) is 84.6 Å². The first kappa shape index (κ1) is 22.6. The molecule has 2 aromatic heterocycles. The summed E-state index contributed by atoms with van der Waals surface area (Å²) in [4.78, 5) is 20.1. The molecule has 1 saturated heterocycles. The molecule has 0 amide bonds. The number of carbonyl (C=O) groups is 1. The van der Waals surface area contributed by atoms with Gasteiger partial charge in [0.25, 0.3) is 0 Å². The zero-order valence-corrected chi connectivity index (χ0v) is 20.1. The van der Waals surface area contributed by atoms with Crippen molar-refractivity contribution in [2.75, 3.05) is 23.9 Å². The lowest BCUT2D eigenvalue weighted by atomic mass is 10.0. The number of furan rings is 1. The number of thiocarbonyl (C=S) groups is 1. The van der Waals surface area contributed by atoms with Crippen LogP contribution in [0.15, 0.2) is 89.5 Å². The SMILES string of the molecule is CN(C)c1ccc(N2C(=S)N[C@@H](c3ccccn3)[C@@H]2c2ccc(-c3cccc(C(=O)O)c3)o2)cc1. The second kappa shape index (κ2) is 9.23. The maximum absolute atomic E-state index is 11.4. The molecule has 4 aromatic rings. The van der Waals surface area contributed by atoms with Crippen LogP contribution in [0.1, 0.15) is 33.9 Å². The molecule has 5 rings (SSSR count). The van der Waals surface area contributed by atoms with E-state index in [-0.39, 0.29) is 17.6 Å². The van der Waals surface area contributed by atoms with Gasteiger partial charge in [-0.15, -0.1) is 0 Å². The Morgan fingerprint density at radius 3 is 2.54 bits per heavy atom. The van der Waals surface area contributed by atoms with Gasteiger partial charge < -0.3 is 24.6 Å². The average molecular weight is 485 g/mol. The fraction of sp³-hybridized carbons (Fsp3) is 0.148. The van der Waals surface area contributed by atoms with Crippen molar-refractivity contribution in [1.82, 2.24) is 10.3 Å². The maximum atomic E-state index is 11.4. The lowest BCUT2D eigenvalue weighted by Crippen LogP contribution is -2.29. The number of nitrogens with zero attached hydrogens (tertiary/aromatic N) is 3. The summed E-state index contributed by atoms with van der Waals surface area (Å²) in [6, 6.07) is 23.9. The number of hydrogen-bond acceptors (Lipinski definition) is 5. The summed E-state index contributed by atoms with van der Waals surface area (Å²) in [6.07, 6.45) is 1.76. The average Bonchev–Trinajstić information content (AvgIpc) is 3.49. The van der Waals surface area contributed by atoms with Crippen molar-refractivity contribution in [3.8, 4) is 11.3 Å². The minimum atomic E-state index is -0.980. The predicted octanol–water partition coefficient (Wildman–Crippen LogP) is 5.28. The van der Waals surface area contributed by atoms with Crippen LogP contribution in [-0.4, -0.2) is 35.3 Å². The summed E-state index contributed by atoms with van der Waals surface area (Å²) in [5.41, 5.74) is 3.77. The molecule has 0 unspecified atom stereocenters. The fourth-order valence-corrected chi connectivity index (χ4v) is 4.65. The Bertz CT molecular complexity index is 1370. The monoisotopic (exact) mass is 484 g/mol. The fourth-order valence-electron chi connectivity index (χ4n) is 4.31. The van der Waals surface area contributed by atoms with E-state index in [1.54, 1.807) is 24.4 Å². The molecule has 1 fully saturated rings. The molecular weight excluding hydrogens is 460 g/mol. The van der Waals surface area contributed by atoms with E-state index in [9.17, 15) is 9.90 Å². The molecule has 2 aromatic carbocycles.